The summed E-state index contributed by atoms with van der Waals surface area (Å²) in [6.45, 7) is 13.1. The molecule has 0 spiro atoms. The zero-order chi connectivity index (χ0) is 14.4. The second-order valence-corrected chi connectivity index (χ2v) is 5.43. The number of rotatable bonds is 7. The van der Waals surface area contributed by atoms with E-state index in [-0.39, 0.29) is 0 Å². The van der Waals surface area contributed by atoms with Gasteiger partial charge in [0.1, 0.15) is 5.75 Å². The summed E-state index contributed by atoms with van der Waals surface area (Å²) in [5, 5.41) is 0.832. The van der Waals surface area contributed by atoms with Gasteiger partial charge in [-0.1, -0.05) is 31.5 Å². The van der Waals surface area contributed by atoms with Crippen LogP contribution >= 0.6 is 11.6 Å². The van der Waals surface area contributed by atoms with Crippen molar-refractivity contribution in [2.75, 3.05) is 6.61 Å². The third-order valence-corrected chi connectivity index (χ3v) is 3.90. The van der Waals surface area contributed by atoms with Gasteiger partial charge in [-0.25, -0.2) is 0 Å². The molecule has 1 unspecified atom stereocenters. The molecule has 1 nitrogen and oxygen atoms in total. The van der Waals surface area contributed by atoms with Crippen LogP contribution in [0.3, 0.4) is 0 Å². The minimum absolute atomic E-state index is 0.432. The molecule has 0 aliphatic carbocycles. The fourth-order valence-corrected chi connectivity index (χ4v) is 2.72. The second kappa shape index (κ2) is 7.59. The van der Waals surface area contributed by atoms with Crippen LogP contribution in [0.2, 0.25) is 5.02 Å². The Hall–Kier alpha value is -0.950. The third kappa shape index (κ3) is 3.76. The van der Waals surface area contributed by atoms with E-state index in [2.05, 4.69) is 34.3 Å². The number of aryl methyl sites for hydroxylation is 1. The van der Waals surface area contributed by atoms with Crippen molar-refractivity contribution >= 4 is 11.6 Å². The van der Waals surface area contributed by atoms with Crippen LogP contribution in [-0.2, 0) is 0 Å². The molecule has 0 bridgehead atoms. The van der Waals surface area contributed by atoms with Crippen molar-refractivity contribution in [3.63, 3.8) is 0 Å². The van der Waals surface area contributed by atoms with Gasteiger partial charge in [-0.3, -0.25) is 0 Å². The molecule has 0 amide bonds. The summed E-state index contributed by atoms with van der Waals surface area (Å²) in [6.07, 6.45) is 5.01. The SMILES string of the molecule is C=CCC(CC)c1c(C)c(Cl)cc(C)c1OCCC. The highest BCUT2D eigenvalue weighted by Gasteiger charge is 2.20. The largest absolute Gasteiger partial charge is 0.493 e. The van der Waals surface area contributed by atoms with E-state index in [1.54, 1.807) is 0 Å². The van der Waals surface area contributed by atoms with Crippen LogP contribution < -0.4 is 4.74 Å². The van der Waals surface area contributed by atoms with Gasteiger partial charge >= 0.3 is 0 Å². The van der Waals surface area contributed by atoms with Crippen molar-refractivity contribution in [2.24, 2.45) is 0 Å². The monoisotopic (exact) mass is 280 g/mol. The predicted molar refractivity (Wildman–Crippen MR) is 84.6 cm³/mol. The molecule has 0 N–H and O–H groups in total. The molecule has 2 heteroatoms. The molecule has 0 heterocycles. The molecule has 1 rings (SSSR count). The summed E-state index contributed by atoms with van der Waals surface area (Å²) in [5.74, 6) is 1.46. The summed E-state index contributed by atoms with van der Waals surface area (Å²) in [6, 6.07) is 2.01. The Balaban J connectivity index is 3.33. The van der Waals surface area contributed by atoms with E-state index < -0.39 is 0 Å². The van der Waals surface area contributed by atoms with Gasteiger partial charge in [0.2, 0.25) is 0 Å². The second-order valence-electron chi connectivity index (χ2n) is 5.02. The van der Waals surface area contributed by atoms with E-state index in [4.69, 9.17) is 16.3 Å². The Kier molecular flexibility index (Phi) is 6.44. The van der Waals surface area contributed by atoms with E-state index in [9.17, 15) is 0 Å². The van der Waals surface area contributed by atoms with Crippen molar-refractivity contribution in [3.05, 3.63) is 40.4 Å². The number of halogens is 1. The maximum absolute atomic E-state index is 6.34. The average Bonchev–Trinajstić information content (AvgIpc) is 2.39. The van der Waals surface area contributed by atoms with Gasteiger partial charge < -0.3 is 4.74 Å². The smallest absolute Gasteiger partial charge is 0.126 e. The zero-order valence-corrected chi connectivity index (χ0v) is 13.3. The fraction of sp³-hybridized carbons (Fsp3) is 0.529. The van der Waals surface area contributed by atoms with Gasteiger partial charge in [0.05, 0.1) is 6.61 Å². The van der Waals surface area contributed by atoms with E-state index >= 15 is 0 Å². The highest BCUT2D eigenvalue weighted by atomic mass is 35.5. The Labute approximate surface area is 122 Å². The van der Waals surface area contributed by atoms with Gasteiger partial charge in [-0.2, -0.15) is 0 Å². The van der Waals surface area contributed by atoms with Crippen LogP contribution in [0.5, 0.6) is 5.75 Å². The first-order valence-electron chi connectivity index (χ1n) is 7.10. The normalized spacial score (nSPS) is 12.3. The summed E-state index contributed by atoms with van der Waals surface area (Å²) in [4.78, 5) is 0. The molecular formula is C17H25ClO. The average molecular weight is 281 g/mol. The summed E-state index contributed by atoms with van der Waals surface area (Å²) < 4.78 is 5.99. The van der Waals surface area contributed by atoms with Crippen LogP contribution in [0.4, 0.5) is 0 Å². The molecule has 0 saturated carbocycles. The van der Waals surface area contributed by atoms with Crippen LogP contribution in [0.25, 0.3) is 0 Å². The van der Waals surface area contributed by atoms with Crippen molar-refractivity contribution in [1.82, 2.24) is 0 Å². The first-order valence-corrected chi connectivity index (χ1v) is 7.47. The molecule has 0 radical (unpaired) electrons. The Bertz CT molecular complexity index is 437. The molecule has 0 aromatic heterocycles. The number of ether oxygens (including phenoxy) is 1. The summed E-state index contributed by atoms with van der Waals surface area (Å²) in [5.41, 5.74) is 3.54. The fourth-order valence-electron chi connectivity index (χ4n) is 2.45. The van der Waals surface area contributed by atoms with Crippen LogP contribution in [0, 0.1) is 13.8 Å². The molecule has 0 saturated heterocycles. The number of hydrogen-bond acceptors (Lipinski definition) is 1. The molecule has 19 heavy (non-hydrogen) atoms. The molecular weight excluding hydrogens is 256 g/mol. The number of benzene rings is 1. The highest BCUT2D eigenvalue weighted by molar-refractivity contribution is 6.31. The summed E-state index contributed by atoms with van der Waals surface area (Å²) >= 11 is 6.34. The van der Waals surface area contributed by atoms with Crippen LogP contribution in [-0.4, -0.2) is 6.61 Å². The van der Waals surface area contributed by atoms with Gasteiger partial charge in [-0.15, -0.1) is 6.58 Å². The summed E-state index contributed by atoms with van der Waals surface area (Å²) in [7, 11) is 0. The standard InChI is InChI=1S/C17H25ClO/c1-6-9-14(8-3)16-13(5)15(18)11-12(4)17(16)19-10-7-2/h6,11,14H,1,7-10H2,2-5H3. The minimum Gasteiger partial charge on any atom is -0.493 e. The number of hydrogen-bond donors (Lipinski definition) is 0. The first kappa shape index (κ1) is 16.1. The van der Waals surface area contributed by atoms with Crippen LogP contribution in [0.15, 0.2) is 18.7 Å². The van der Waals surface area contributed by atoms with Crippen LogP contribution in [0.1, 0.15) is 55.7 Å². The van der Waals surface area contributed by atoms with E-state index in [0.29, 0.717) is 5.92 Å². The lowest BCUT2D eigenvalue weighted by atomic mass is 9.87. The van der Waals surface area contributed by atoms with Crippen molar-refractivity contribution in [3.8, 4) is 5.75 Å². The highest BCUT2D eigenvalue weighted by Crippen LogP contribution is 2.40. The van der Waals surface area contributed by atoms with Gasteiger partial charge in [0.25, 0.3) is 0 Å². The Morgan fingerprint density at radius 2 is 2.05 bits per heavy atom. The van der Waals surface area contributed by atoms with Crippen molar-refractivity contribution in [1.29, 1.82) is 0 Å². The van der Waals surface area contributed by atoms with E-state index in [1.807, 2.05) is 12.1 Å². The maximum atomic E-state index is 6.34. The van der Waals surface area contributed by atoms with Gasteiger partial charge in [0, 0.05) is 10.6 Å². The van der Waals surface area contributed by atoms with Crippen molar-refractivity contribution in [2.45, 2.75) is 52.9 Å². The molecule has 1 aromatic rings. The topological polar surface area (TPSA) is 9.23 Å². The lowest BCUT2D eigenvalue weighted by Crippen LogP contribution is -2.07. The Morgan fingerprint density at radius 1 is 1.37 bits per heavy atom. The number of allylic oxidation sites excluding steroid dienone is 1. The van der Waals surface area contributed by atoms with E-state index in [0.717, 1.165) is 47.8 Å². The first-order chi connectivity index (χ1) is 9.06. The zero-order valence-electron chi connectivity index (χ0n) is 12.6. The van der Waals surface area contributed by atoms with E-state index in [1.165, 1.54) is 5.56 Å². The lowest BCUT2D eigenvalue weighted by Gasteiger charge is -2.23. The lowest BCUT2D eigenvalue weighted by molar-refractivity contribution is 0.309. The Morgan fingerprint density at radius 3 is 2.58 bits per heavy atom. The van der Waals surface area contributed by atoms with Crippen molar-refractivity contribution < 1.29 is 4.74 Å². The van der Waals surface area contributed by atoms with Gasteiger partial charge in [-0.05, 0) is 56.2 Å². The molecule has 106 valence electrons. The third-order valence-electron chi connectivity index (χ3n) is 3.51. The maximum Gasteiger partial charge on any atom is 0.126 e. The molecule has 0 aliphatic heterocycles. The molecule has 0 fully saturated rings. The molecule has 0 aliphatic rings. The quantitative estimate of drug-likeness (QED) is 0.572. The minimum atomic E-state index is 0.432. The molecule has 1 atom stereocenters. The molecule has 1 aromatic carbocycles. The van der Waals surface area contributed by atoms with Gasteiger partial charge in [0.15, 0.2) is 0 Å². The predicted octanol–water partition coefficient (Wildman–Crippen LogP) is 5.82.